The molecule has 0 radical (unpaired) electrons. The van der Waals surface area contributed by atoms with Crippen molar-refractivity contribution in [2.45, 2.75) is 0 Å². The van der Waals surface area contributed by atoms with Crippen molar-refractivity contribution in [1.29, 1.82) is 0 Å². The van der Waals surface area contributed by atoms with Crippen LogP contribution in [0.25, 0.3) is 0 Å². The van der Waals surface area contributed by atoms with Crippen molar-refractivity contribution in [2.24, 2.45) is 0 Å². The van der Waals surface area contributed by atoms with E-state index in [9.17, 15) is 4.79 Å². The summed E-state index contributed by atoms with van der Waals surface area (Å²) in [6.45, 7) is 3.31. The maximum absolute atomic E-state index is 9.49. The van der Waals surface area contributed by atoms with Crippen LogP contribution in [0.5, 0.6) is 0 Å². The summed E-state index contributed by atoms with van der Waals surface area (Å²) >= 11 is 0. The molecule has 0 atom stereocenters. The minimum absolute atomic E-state index is 0. The van der Waals surface area contributed by atoms with Gasteiger partial charge in [0, 0.05) is 0 Å². The standard InChI is InChI=1S/C4H6O3.Na.H/c1-2-3-7-4(5)6;;/h2H,1,3H2,(H,5,6);;. The van der Waals surface area contributed by atoms with Crippen LogP contribution in [-0.2, 0) is 4.74 Å². The molecule has 0 aliphatic heterocycles. The van der Waals surface area contributed by atoms with Gasteiger partial charge in [0.2, 0.25) is 0 Å². The molecule has 8 heavy (non-hydrogen) atoms. The van der Waals surface area contributed by atoms with Crippen molar-refractivity contribution < 1.29 is 14.6 Å². The molecule has 0 amide bonds. The van der Waals surface area contributed by atoms with Gasteiger partial charge in [-0.25, -0.2) is 4.79 Å². The van der Waals surface area contributed by atoms with Crippen LogP contribution in [0.3, 0.4) is 0 Å². The molecule has 0 aliphatic rings. The molecule has 0 aliphatic carbocycles. The Kier molecular flexibility index (Phi) is 9.55. The summed E-state index contributed by atoms with van der Waals surface area (Å²) in [5.74, 6) is 0. The van der Waals surface area contributed by atoms with E-state index in [1.165, 1.54) is 6.08 Å². The Morgan fingerprint density at radius 1 is 1.88 bits per heavy atom. The van der Waals surface area contributed by atoms with Gasteiger partial charge in [-0.05, 0) is 0 Å². The molecule has 0 rings (SSSR count). The Labute approximate surface area is 69.6 Å². The van der Waals surface area contributed by atoms with Crippen LogP contribution in [-0.4, -0.2) is 47.4 Å². The van der Waals surface area contributed by atoms with Gasteiger partial charge in [0.1, 0.15) is 6.61 Å². The Bertz CT molecular complexity index is 81.4. The van der Waals surface area contributed by atoms with E-state index in [0.717, 1.165) is 0 Å². The Hall–Kier alpha value is 0.0100. The second-order valence-electron chi connectivity index (χ2n) is 0.866. The first-order chi connectivity index (χ1) is 3.27. The molecule has 0 spiro atoms. The number of carboxylic acid groups (broad SMARTS) is 1. The van der Waals surface area contributed by atoms with Gasteiger partial charge < -0.3 is 9.84 Å². The number of carbonyl (C=O) groups is 1. The summed E-state index contributed by atoms with van der Waals surface area (Å²) < 4.78 is 3.99. The summed E-state index contributed by atoms with van der Waals surface area (Å²) in [4.78, 5) is 9.49. The van der Waals surface area contributed by atoms with Crippen LogP contribution < -0.4 is 0 Å². The average molecular weight is 126 g/mol. The Morgan fingerprint density at radius 2 is 2.38 bits per heavy atom. The first kappa shape index (κ1) is 10.9. The molecule has 0 aromatic heterocycles. The maximum atomic E-state index is 9.49. The molecule has 3 nitrogen and oxygen atoms in total. The molecule has 1 N–H and O–H groups in total. The van der Waals surface area contributed by atoms with Gasteiger partial charge in [-0.15, -0.1) is 0 Å². The van der Waals surface area contributed by atoms with Crippen LogP contribution in [0.2, 0.25) is 0 Å². The van der Waals surface area contributed by atoms with Crippen molar-refractivity contribution in [1.82, 2.24) is 0 Å². The van der Waals surface area contributed by atoms with Crippen molar-refractivity contribution in [3.05, 3.63) is 12.7 Å². The molecule has 0 unspecified atom stereocenters. The fourth-order valence-electron chi connectivity index (χ4n) is 0.130. The summed E-state index contributed by atoms with van der Waals surface area (Å²) in [6.07, 6.45) is 0.105. The quantitative estimate of drug-likeness (QED) is 0.327. The SMILES string of the molecule is C=CCOC(=O)O.[NaH]. The Morgan fingerprint density at radius 3 is 2.50 bits per heavy atom. The van der Waals surface area contributed by atoms with Gasteiger partial charge in [-0.3, -0.25) is 0 Å². The summed E-state index contributed by atoms with van der Waals surface area (Å²) in [5.41, 5.74) is 0. The third kappa shape index (κ3) is 9.38. The predicted molar refractivity (Wildman–Crippen MR) is 31.3 cm³/mol. The van der Waals surface area contributed by atoms with Crippen molar-refractivity contribution >= 4 is 35.7 Å². The third-order valence-electron chi connectivity index (χ3n) is 0.325. The normalized spacial score (nSPS) is 6.50. The van der Waals surface area contributed by atoms with Crippen molar-refractivity contribution in [2.75, 3.05) is 6.61 Å². The van der Waals surface area contributed by atoms with E-state index < -0.39 is 6.16 Å². The Balaban J connectivity index is 0. The van der Waals surface area contributed by atoms with E-state index in [-0.39, 0.29) is 36.2 Å². The predicted octanol–water partition coefficient (Wildman–Crippen LogP) is 0.218. The zero-order chi connectivity index (χ0) is 5.70. The van der Waals surface area contributed by atoms with Crippen LogP contribution in [0, 0.1) is 0 Å². The van der Waals surface area contributed by atoms with Crippen LogP contribution in [0.1, 0.15) is 0 Å². The molecule has 0 aromatic carbocycles. The molecule has 0 bridgehead atoms. The van der Waals surface area contributed by atoms with E-state index in [0.29, 0.717) is 0 Å². The van der Waals surface area contributed by atoms with Crippen molar-refractivity contribution in [3.8, 4) is 0 Å². The molecule has 0 saturated carbocycles. The number of rotatable bonds is 2. The van der Waals surface area contributed by atoms with Gasteiger partial charge in [-0.2, -0.15) is 0 Å². The fourth-order valence-corrected chi connectivity index (χ4v) is 0.130. The second-order valence-corrected chi connectivity index (χ2v) is 0.866. The zero-order valence-corrected chi connectivity index (χ0v) is 3.76. The number of ether oxygens (including phenoxy) is 1. The van der Waals surface area contributed by atoms with Gasteiger partial charge in [0.15, 0.2) is 0 Å². The van der Waals surface area contributed by atoms with E-state index in [4.69, 9.17) is 5.11 Å². The molecular weight excluding hydrogens is 119 g/mol. The summed E-state index contributed by atoms with van der Waals surface area (Å²) in [7, 11) is 0. The molecular formula is C4H7NaO3. The summed E-state index contributed by atoms with van der Waals surface area (Å²) in [5, 5.41) is 7.77. The topological polar surface area (TPSA) is 46.5 Å². The molecule has 0 fully saturated rings. The first-order valence-corrected chi connectivity index (χ1v) is 1.74. The van der Waals surface area contributed by atoms with Gasteiger partial charge in [-0.1, -0.05) is 12.7 Å². The molecule has 0 aromatic rings. The van der Waals surface area contributed by atoms with Gasteiger partial charge in [0.05, 0.1) is 0 Å². The van der Waals surface area contributed by atoms with E-state index in [2.05, 4.69) is 11.3 Å². The molecule has 42 valence electrons. The first-order valence-electron chi connectivity index (χ1n) is 1.74. The number of hydrogen-bond donors (Lipinski definition) is 1. The van der Waals surface area contributed by atoms with E-state index in [1.807, 2.05) is 0 Å². The van der Waals surface area contributed by atoms with E-state index >= 15 is 0 Å². The van der Waals surface area contributed by atoms with Gasteiger partial charge >= 0.3 is 35.7 Å². The van der Waals surface area contributed by atoms with Crippen LogP contribution in [0.4, 0.5) is 4.79 Å². The minimum atomic E-state index is -1.26. The van der Waals surface area contributed by atoms with E-state index in [1.54, 1.807) is 0 Å². The zero-order valence-electron chi connectivity index (χ0n) is 3.76. The van der Waals surface area contributed by atoms with Gasteiger partial charge in [0.25, 0.3) is 0 Å². The average Bonchev–Trinajstić information content (AvgIpc) is 1.61. The molecule has 0 heterocycles. The molecule has 0 saturated heterocycles. The van der Waals surface area contributed by atoms with Crippen LogP contribution in [0.15, 0.2) is 12.7 Å². The summed E-state index contributed by atoms with van der Waals surface area (Å²) in [6, 6.07) is 0. The van der Waals surface area contributed by atoms with Crippen LogP contribution >= 0.6 is 0 Å². The third-order valence-corrected chi connectivity index (χ3v) is 0.325. The number of hydrogen-bond acceptors (Lipinski definition) is 2. The van der Waals surface area contributed by atoms with Crippen molar-refractivity contribution in [3.63, 3.8) is 0 Å². The fraction of sp³-hybridized carbons (Fsp3) is 0.250. The second kappa shape index (κ2) is 7.01. The molecule has 4 heteroatoms. The monoisotopic (exact) mass is 126 g/mol.